The summed E-state index contributed by atoms with van der Waals surface area (Å²) in [7, 11) is 0. The molecular formula is C20H24ClN3O4. The lowest BCUT2D eigenvalue weighted by Crippen LogP contribution is -2.57. The minimum atomic E-state index is -1.01. The molecule has 8 heteroatoms. The van der Waals surface area contributed by atoms with Crippen LogP contribution in [0, 0.1) is 17.3 Å². The van der Waals surface area contributed by atoms with Crippen molar-refractivity contribution in [3.63, 3.8) is 0 Å². The molecule has 2 amide bonds. The molecule has 0 bridgehead atoms. The van der Waals surface area contributed by atoms with E-state index in [-0.39, 0.29) is 23.7 Å². The first-order chi connectivity index (χ1) is 13.3. The minimum Gasteiger partial charge on any atom is -0.481 e. The second kappa shape index (κ2) is 7.04. The van der Waals surface area contributed by atoms with Crippen molar-refractivity contribution >= 4 is 29.4 Å². The first-order valence-corrected chi connectivity index (χ1v) is 9.98. The Balaban J connectivity index is 1.43. The largest absolute Gasteiger partial charge is 0.481 e. The van der Waals surface area contributed by atoms with Gasteiger partial charge in [0.25, 0.3) is 0 Å². The number of nitrogens with one attached hydrogen (secondary N) is 1. The van der Waals surface area contributed by atoms with Gasteiger partial charge in [0.15, 0.2) is 0 Å². The highest BCUT2D eigenvalue weighted by molar-refractivity contribution is 6.30. The van der Waals surface area contributed by atoms with Crippen molar-refractivity contribution in [2.75, 3.05) is 19.6 Å². The van der Waals surface area contributed by atoms with Gasteiger partial charge >= 0.3 is 5.97 Å². The number of carbonyl (C=O) groups excluding carboxylic acids is 2. The Hall–Kier alpha value is -2.12. The van der Waals surface area contributed by atoms with Crippen molar-refractivity contribution in [1.29, 1.82) is 0 Å². The number of carboxylic acids is 1. The van der Waals surface area contributed by atoms with Crippen molar-refractivity contribution in [3.8, 4) is 0 Å². The molecule has 2 aliphatic heterocycles. The van der Waals surface area contributed by atoms with Crippen LogP contribution in [-0.4, -0.2) is 53.5 Å². The summed E-state index contributed by atoms with van der Waals surface area (Å²) < 4.78 is 0. The highest BCUT2D eigenvalue weighted by Crippen LogP contribution is 2.58. The number of carbonyl (C=O) groups is 3. The lowest BCUT2D eigenvalue weighted by Gasteiger charge is -2.36. The van der Waals surface area contributed by atoms with Crippen LogP contribution in [0.5, 0.6) is 0 Å². The lowest BCUT2D eigenvalue weighted by molar-refractivity contribution is -0.150. The molecule has 3 aliphatic rings. The van der Waals surface area contributed by atoms with Crippen LogP contribution in [0.4, 0.5) is 0 Å². The number of primary amides is 1. The Labute approximate surface area is 168 Å². The Bertz CT molecular complexity index is 814. The Morgan fingerprint density at radius 1 is 1.21 bits per heavy atom. The average Bonchev–Trinajstić information content (AvgIpc) is 3.14. The van der Waals surface area contributed by atoms with E-state index < -0.39 is 23.3 Å². The van der Waals surface area contributed by atoms with Crippen LogP contribution < -0.4 is 11.1 Å². The van der Waals surface area contributed by atoms with Crippen LogP contribution in [0.2, 0.25) is 5.02 Å². The van der Waals surface area contributed by atoms with Gasteiger partial charge in [0, 0.05) is 36.5 Å². The van der Waals surface area contributed by atoms with E-state index in [1.54, 1.807) is 4.90 Å². The van der Waals surface area contributed by atoms with Crippen LogP contribution in [-0.2, 0) is 14.4 Å². The second-order valence-electron chi connectivity index (χ2n) is 8.35. The van der Waals surface area contributed by atoms with Gasteiger partial charge in [-0.1, -0.05) is 23.7 Å². The predicted octanol–water partition coefficient (Wildman–Crippen LogP) is 1.21. The molecule has 4 N–H and O–H groups in total. The van der Waals surface area contributed by atoms with Crippen molar-refractivity contribution < 1.29 is 19.5 Å². The van der Waals surface area contributed by atoms with Gasteiger partial charge in [0.2, 0.25) is 11.8 Å². The van der Waals surface area contributed by atoms with Gasteiger partial charge in [0.05, 0.1) is 5.92 Å². The Kier molecular flexibility index (Phi) is 4.83. The van der Waals surface area contributed by atoms with Crippen LogP contribution in [0.3, 0.4) is 0 Å². The van der Waals surface area contributed by atoms with Crippen molar-refractivity contribution in [2.24, 2.45) is 23.0 Å². The van der Waals surface area contributed by atoms with E-state index in [4.69, 9.17) is 17.3 Å². The molecule has 150 valence electrons. The van der Waals surface area contributed by atoms with Crippen LogP contribution in [0.15, 0.2) is 24.3 Å². The van der Waals surface area contributed by atoms with Crippen molar-refractivity contribution in [1.82, 2.24) is 10.2 Å². The smallest absolute Gasteiger partial charge is 0.308 e. The SMILES string of the molecule is NC(=O)C1CC12CNC(C(=O)N1CCC(c3ccc(Cl)cc3)C1)C(C(=O)O)C2. The molecule has 0 radical (unpaired) electrons. The number of hydrogen-bond donors (Lipinski definition) is 3. The van der Waals surface area contributed by atoms with Gasteiger partial charge < -0.3 is 21.1 Å². The van der Waals surface area contributed by atoms with Crippen LogP contribution >= 0.6 is 11.6 Å². The fourth-order valence-corrected chi connectivity index (χ4v) is 5.03. The molecule has 5 atom stereocenters. The predicted molar refractivity (Wildman–Crippen MR) is 103 cm³/mol. The zero-order valence-electron chi connectivity index (χ0n) is 15.4. The van der Waals surface area contributed by atoms with E-state index in [0.29, 0.717) is 37.5 Å². The number of halogens is 1. The summed E-state index contributed by atoms with van der Waals surface area (Å²) in [6.45, 7) is 1.63. The Morgan fingerprint density at radius 3 is 2.54 bits per heavy atom. The standard InChI is InChI=1S/C20H24ClN3O4/c21-13-3-1-11(2-4-13)12-5-6-24(9-12)18(26)16-14(19(27)28)7-20(10-23-16)8-15(20)17(22)25/h1-4,12,14-16,23H,5-10H2,(H2,22,25)(H,27,28). The first-order valence-electron chi connectivity index (χ1n) is 9.60. The number of rotatable bonds is 4. The molecule has 1 aromatic carbocycles. The van der Waals surface area contributed by atoms with E-state index in [1.165, 1.54) is 0 Å². The number of nitrogens with two attached hydrogens (primary N) is 1. The second-order valence-corrected chi connectivity index (χ2v) is 8.79. The quantitative estimate of drug-likeness (QED) is 0.696. The van der Waals surface area contributed by atoms with Crippen molar-refractivity contribution in [2.45, 2.75) is 31.2 Å². The topological polar surface area (TPSA) is 113 Å². The number of aliphatic carboxylic acids is 1. The molecule has 1 saturated carbocycles. The fourth-order valence-electron chi connectivity index (χ4n) is 4.91. The highest BCUT2D eigenvalue weighted by Gasteiger charge is 2.62. The average molecular weight is 406 g/mol. The summed E-state index contributed by atoms with van der Waals surface area (Å²) in [5.41, 5.74) is 6.13. The summed E-state index contributed by atoms with van der Waals surface area (Å²) in [6, 6.07) is 6.87. The maximum absolute atomic E-state index is 13.1. The normalized spacial score (nSPS) is 34.4. The first kappa shape index (κ1) is 19.2. The van der Waals surface area contributed by atoms with Gasteiger partial charge in [-0.05, 0) is 42.4 Å². The van der Waals surface area contributed by atoms with Crippen molar-refractivity contribution in [3.05, 3.63) is 34.9 Å². The molecule has 0 aromatic heterocycles. The lowest BCUT2D eigenvalue weighted by atomic mass is 9.80. The third kappa shape index (κ3) is 3.37. The molecule has 4 rings (SSSR count). The number of likely N-dealkylation sites (tertiary alicyclic amines) is 1. The number of piperidine rings is 1. The molecule has 1 aliphatic carbocycles. The zero-order chi connectivity index (χ0) is 20.1. The number of amides is 2. The molecule has 1 aromatic rings. The number of hydrogen-bond acceptors (Lipinski definition) is 4. The van der Waals surface area contributed by atoms with Gasteiger partial charge in [0.1, 0.15) is 6.04 Å². The molecule has 1 spiro atoms. The highest BCUT2D eigenvalue weighted by atomic mass is 35.5. The molecule has 2 saturated heterocycles. The summed E-state index contributed by atoms with van der Waals surface area (Å²) in [4.78, 5) is 38.2. The number of carboxylic acid groups (broad SMARTS) is 1. The van der Waals surface area contributed by atoms with Gasteiger partial charge in [-0.3, -0.25) is 14.4 Å². The van der Waals surface area contributed by atoms with Crippen LogP contribution in [0.25, 0.3) is 0 Å². The molecule has 3 fully saturated rings. The minimum absolute atomic E-state index is 0.171. The van der Waals surface area contributed by atoms with E-state index in [2.05, 4.69) is 5.32 Å². The summed E-state index contributed by atoms with van der Waals surface area (Å²) in [5, 5.41) is 13.5. The molecule has 7 nitrogen and oxygen atoms in total. The maximum Gasteiger partial charge on any atom is 0.308 e. The number of benzene rings is 1. The molecule has 5 unspecified atom stereocenters. The van der Waals surface area contributed by atoms with E-state index in [0.717, 1.165) is 12.0 Å². The number of nitrogens with zero attached hydrogens (tertiary/aromatic N) is 1. The third-order valence-corrected chi connectivity index (χ3v) is 6.91. The van der Waals surface area contributed by atoms with Gasteiger partial charge in [-0.2, -0.15) is 0 Å². The Morgan fingerprint density at radius 2 is 1.93 bits per heavy atom. The zero-order valence-corrected chi connectivity index (χ0v) is 16.2. The van der Waals surface area contributed by atoms with E-state index in [9.17, 15) is 19.5 Å². The van der Waals surface area contributed by atoms with Crippen LogP contribution in [0.1, 0.15) is 30.7 Å². The van der Waals surface area contributed by atoms with Gasteiger partial charge in [-0.25, -0.2) is 0 Å². The van der Waals surface area contributed by atoms with E-state index >= 15 is 0 Å². The molecule has 28 heavy (non-hydrogen) atoms. The van der Waals surface area contributed by atoms with Gasteiger partial charge in [-0.15, -0.1) is 0 Å². The monoisotopic (exact) mass is 405 g/mol. The van der Waals surface area contributed by atoms with E-state index in [1.807, 2.05) is 24.3 Å². The maximum atomic E-state index is 13.1. The molecular weight excluding hydrogens is 382 g/mol. The molecule has 2 heterocycles. The summed E-state index contributed by atoms with van der Waals surface area (Å²) in [5.74, 6) is -2.48. The summed E-state index contributed by atoms with van der Waals surface area (Å²) >= 11 is 5.95. The summed E-state index contributed by atoms with van der Waals surface area (Å²) in [6.07, 6.45) is 1.75. The third-order valence-electron chi connectivity index (χ3n) is 6.66. The fraction of sp³-hybridized carbons (Fsp3) is 0.550.